The number of imidazole rings is 1. The molecule has 1 aromatic rings. The van der Waals surface area contributed by atoms with Gasteiger partial charge in [-0.2, -0.15) is 0 Å². The van der Waals surface area contributed by atoms with Gasteiger partial charge in [-0.15, -0.1) is 0 Å². The molecular formula is C10H14N2O4. The molecule has 0 amide bonds. The van der Waals surface area contributed by atoms with E-state index in [9.17, 15) is 9.59 Å². The Morgan fingerprint density at radius 3 is 2.75 bits per heavy atom. The molecule has 0 radical (unpaired) electrons. The quantitative estimate of drug-likeness (QED) is 0.574. The van der Waals surface area contributed by atoms with Gasteiger partial charge in [-0.25, -0.2) is 4.98 Å². The number of rotatable bonds is 5. The van der Waals surface area contributed by atoms with Gasteiger partial charge in [0.2, 0.25) is 0 Å². The standard InChI is InChI=1S/C10H14N2O4/c1-12-6-11-5-7(12)3-4-8(9(13)14)10(15)16-2/h5-6,8H,3-4H2,1-2H3,(H,13,14). The van der Waals surface area contributed by atoms with Crippen LogP contribution >= 0.6 is 0 Å². The molecule has 1 unspecified atom stereocenters. The molecule has 1 heterocycles. The van der Waals surface area contributed by atoms with Crippen molar-refractivity contribution in [2.45, 2.75) is 12.8 Å². The number of carboxylic acids is 1. The molecule has 0 saturated heterocycles. The van der Waals surface area contributed by atoms with E-state index in [2.05, 4.69) is 9.72 Å². The monoisotopic (exact) mass is 226 g/mol. The van der Waals surface area contributed by atoms with Crippen molar-refractivity contribution in [2.75, 3.05) is 7.11 Å². The van der Waals surface area contributed by atoms with E-state index in [1.165, 1.54) is 7.11 Å². The number of hydrogen-bond acceptors (Lipinski definition) is 4. The van der Waals surface area contributed by atoms with Gasteiger partial charge in [-0.05, 0) is 12.8 Å². The number of carbonyl (C=O) groups is 2. The minimum Gasteiger partial charge on any atom is -0.481 e. The molecule has 0 spiro atoms. The van der Waals surface area contributed by atoms with E-state index in [4.69, 9.17) is 5.11 Å². The van der Waals surface area contributed by atoms with E-state index >= 15 is 0 Å². The first-order valence-electron chi connectivity index (χ1n) is 4.82. The highest BCUT2D eigenvalue weighted by Gasteiger charge is 2.26. The molecule has 1 rings (SSSR count). The fraction of sp³-hybridized carbons (Fsp3) is 0.500. The molecule has 1 atom stereocenters. The zero-order chi connectivity index (χ0) is 12.1. The first-order chi connectivity index (χ1) is 7.56. The zero-order valence-corrected chi connectivity index (χ0v) is 9.21. The summed E-state index contributed by atoms with van der Waals surface area (Å²) in [4.78, 5) is 25.9. The molecule has 88 valence electrons. The molecule has 0 saturated carbocycles. The van der Waals surface area contributed by atoms with Crippen LogP contribution in [0, 0.1) is 5.92 Å². The van der Waals surface area contributed by atoms with Crippen LogP contribution in [0.2, 0.25) is 0 Å². The lowest BCUT2D eigenvalue weighted by Crippen LogP contribution is -2.25. The van der Waals surface area contributed by atoms with E-state index in [1.807, 2.05) is 7.05 Å². The van der Waals surface area contributed by atoms with E-state index < -0.39 is 17.9 Å². The number of esters is 1. The van der Waals surface area contributed by atoms with E-state index in [0.29, 0.717) is 6.42 Å². The van der Waals surface area contributed by atoms with Crippen LogP contribution in [0.5, 0.6) is 0 Å². The molecular weight excluding hydrogens is 212 g/mol. The second-order valence-electron chi connectivity index (χ2n) is 3.45. The number of hydrogen-bond donors (Lipinski definition) is 1. The molecule has 1 N–H and O–H groups in total. The van der Waals surface area contributed by atoms with Crippen molar-refractivity contribution in [1.82, 2.24) is 9.55 Å². The molecule has 6 heteroatoms. The maximum atomic E-state index is 11.2. The number of ether oxygens (including phenoxy) is 1. The van der Waals surface area contributed by atoms with Crippen LogP contribution in [0.3, 0.4) is 0 Å². The lowest BCUT2D eigenvalue weighted by atomic mass is 10.0. The Labute approximate surface area is 92.9 Å². The Balaban J connectivity index is 2.61. The largest absolute Gasteiger partial charge is 0.481 e. The number of carboxylic acid groups (broad SMARTS) is 1. The topological polar surface area (TPSA) is 81.4 Å². The van der Waals surface area contributed by atoms with Gasteiger partial charge in [-0.1, -0.05) is 0 Å². The molecule has 6 nitrogen and oxygen atoms in total. The third-order valence-corrected chi connectivity index (χ3v) is 2.39. The van der Waals surface area contributed by atoms with Gasteiger partial charge < -0.3 is 14.4 Å². The second kappa shape index (κ2) is 5.29. The second-order valence-corrected chi connectivity index (χ2v) is 3.45. The van der Waals surface area contributed by atoms with Crippen molar-refractivity contribution in [2.24, 2.45) is 13.0 Å². The summed E-state index contributed by atoms with van der Waals surface area (Å²) < 4.78 is 6.22. The summed E-state index contributed by atoms with van der Waals surface area (Å²) in [6.07, 6.45) is 3.96. The van der Waals surface area contributed by atoms with Gasteiger partial charge in [0.15, 0.2) is 5.92 Å². The highest BCUT2D eigenvalue weighted by Crippen LogP contribution is 2.11. The number of carbonyl (C=O) groups excluding carboxylic acids is 1. The van der Waals surface area contributed by atoms with Crippen LogP contribution in [0.25, 0.3) is 0 Å². The SMILES string of the molecule is COC(=O)C(CCc1cncn1C)C(=O)O. The summed E-state index contributed by atoms with van der Waals surface area (Å²) in [7, 11) is 3.00. The van der Waals surface area contributed by atoms with Crippen LogP contribution in [0.4, 0.5) is 0 Å². The van der Waals surface area contributed by atoms with Crippen LogP contribution < -0.4 is 0 Å². The average molecular weight is 226 g/mol. The summed E-state index contributed by atoms with van der Waals surface area (Å²) in [5.41, 5.74) is 0.884. The van der Waals surface area contributed by atoms with E-state index in [1.54, 1.807) is 17.1 Å². The van der Waals surface area contributed by atoms with Gasteiger partial charge >= 0.3 is 11.9 Å². The fourth-order valence-electron chi connectivity index (χ4n) is 1.40. The molecule has 1 aromatic heterocycles. The van der Waals surface area contributed by atoms with Gasteiger partial charge in [0.1, 0.15) is 0 Å². The Morgan fingerprint density at radius 1 is 1.62 bits per heavy atom. The third kappa shape index (κ3) is 2.82. The minimum atomic E-state index is -1.16. The van der Waals surface area contributed by atoms with Crippen molar-refractivity contribution >= 4 is 11.9 Å². The van der Waals surface area contributed by atoms with Gasteiger partial charge in [0.25, 0.3) is 0 Å². The van der Waals surface area contributed by atoms with Gasteiger partial charge in [-0.3, -0.25) is 9.59 Å². The van der Waals surface area contributed by atoms with E-state index in [0.717, 1.165) is 5.69 Å². The van der Waals surface area contributed by atoms with Crippen LogP contribution in [-0.2, 0) is 27.8 Å². The van der Waals surface area contributed by atoms with Crippen molar-refractivity contribution in [3.63, 3.8) is 0 Å². The highest BCUT2D eigenvalue weighted by atomic mass is 16.5. The molecule has 0 aliphatic rings. The maximum Gasteiger partial charge on any atom is 0.320 e. The van der Waals surface area contributed by atoms with Crippen molar-refractivity contribution in [3.8, 4) is 0 Å². The summed E-state index contributed by atoms with van der Waals surface area (Å²) >= 11 is 0. The number of aromatic nitrogens is 2. The molecule has 16 heavy (non-hydrogen) atoms. The van der Waals surface area contributed by atoms with Crippen molar-refractivity contribution < 1.29 is 19.4 Å². The first kappa shape index (κ1) is 12.2. The normalized spacial score (nSPS) is 12.1. The molecule has 0 fully saturated rings. The average Bonchev–Trinajstić information content (AvgIpc) is 2.64. The van der Waals surface area contributed by atoms with Gasteiger partial charge in [0.05, 0.1) is 13.4 Å². The molecule has 0 bridgehead atoms. The Hall–Kier alpha value is -1.85. The summed E-state index contributed by atoms with van der Waals surface area (Å²) in [6, 6.07) is 0. The van der Waals surface area contributed by atoms with E-state index in [-0.39, 0.29) is 6.42 Å². The summed E-state index contributed by atoms with van der Waals surface area (Å²) in [5.74, 6) is -2.98. The minimum absolute atomic E-state index is 0.210. The smallest absolute Gasteiger partial charge is 0.320 e. The Kier molecular flexibility index (Phi) is 4.04. The van der Waals surface area contributed by atoms with Crippen LogP contribution in [-0.4, -0.2) is 33.7 Å². The molecule has 0 aliphatic heterocycles. The number of aryl methyl sites for hydroxylation is 2. The van der Waals surface area contributed by atoms with Gasteiger partial charge in [0, 0.05) is 18.9 Å². The fourth-order valence-corrected chi connectivity index (χ4v) is 1.40. The van der Waals surface area contributed by atoms with Crippen LogP contribution in [0.15, 0.2) is 12.5 Å². The lowest BCUT2D eigenvalue weighted by Gasteiger charge is -2.09. The maximum absolute atomic E-state index is 11.2. The summed E-state index contributed by atoms with van der Waals surface area (Å²) in [6.45, 7) is 0. The molecule has 0 aliphatic carbocycles. The Morgan fingerprint density at radius 2 is 2.31 bits per heavy atom. The highest BCUT2D eigenvalue weighted by molar-refractivity contribution is 5.93. The summed E-state index contributed by atoms with van der Waals surface area (Å²) in [5, 5.41) is 8.85. The molecule has 0 aromatic carbocycles. The lowest BCUT2D eigenvalue weighted by molar-refractivity contribution is -0.157. The predicted octanol–water partition coefficient (Wildman–Crippen LogP) is 0.226. The first-order valence-corrected chi connectivity index (χ1v) is 4.82. The van der Waals surface area contributed by atoms with Crippen molar-refractivity contribution in [1.29, 1.82) is 0 Å². The van der Waals surface area contributed by atoms with Crippen molar-refractivity contribution in [3.05, 3.63) is 18.2 Å². The Bertz CT molecular complexity index is 386. The van der Waals surface area contributed by atoms with Crippen LogP contribution in [0.1, 0.15) is 12.1 Å². The predicted molar refractivity (Wildman–Crippen MR) is 54.7 cm³/mol. The zero-order valence-electron chi connectivity index (χ0n) is 9.21. The number of methoxy groups -OCH3 is 1. The number of nitrogens with zero attached hydrogens (tertiary/aromatic N) is 2. The number of aliphatic carboxylic acids is 1. The third-order valence-electron chi connectivity index (χ3n) is 2.39.